The van der Waals surface area contributed by atoms with Gasteiger partial charge in [-0.15, -0.1) is 0 Å². The molecule has 30 heavy (non-hydrogen) atoms. The van der Waals surface area contributed by atoms with Crippen LogP contribution in [0.15, 0.2) is 11.6 Å². The highest BCUT2D eigenvalue weighted by Gasteiger charge is 2.77. The molecule has 2 bridgehead atoms. The van der Waals surface area contributed by atoms with Crippen molar-refractivity contribution in [2.24, 2.45) is 22.7 Å². The van der Waals surface area contributed by atoms with Gasteiger partial charge in [0.05, 0.1) is 17.8 Å². The number of ether oxygens (including phenoxy) is 4. The summed E-state index contributed by atoms with van der Waals surface area (Å²) in [5.74, 6) is -0.212. The van der Waals surface area contributed by atoms with Gasteiger partial charge in [-0.3, -0.25) is 0 Å². The number of hydrogen-bond donors (Lipinski definition) is 2. The number of carbonyl (C=O) groups is 1. The van der Waals surface area contributed by atoms with Gasteiger partial charge in [-0.25, -0.2) is 4.79 Å². The lowest BCUT2D eigenvalue weighted by Crippen LogP contribution is -2.63. The average Bonchev–Trinajstić information content (AvgIpc) is 3.31. The Morgan fingerprint density at radius 2 is 2.07 bits per heavy atom. The smallest absolute Gasteiger partial charge is 0.336 e. The van der Waals surface area contributed by atoms with E-state index in [9.17, 15) is 15.0 Å². The summed E-state index contributed by atoms with van der Waals surface area (Å²) in [4.78, 5) is 12.8. The molecule has 7 heteroatoms. The molecule has 3 aliphatic carbocycles. The Morgan fingerprint density at radius 1 is 1.27 bits per heavy atom. The van der Waals surface area contributed by atoms with Crippen LogP contribution >= 0.6 is 0 Å². The van der Waals surface area contributed by atoms with E-state index in [0.29, 0.717) is 25.0 Å². The fourth-order valence-electron chi connectivity index (χ4n) is 8.07. The third-order valence-electron chi connectivity index (χ3n) is 9.29. The highest BCUT2D eigenvalue weighted by Crippen LogP contribution is 2.75. The second-order valence-electron chi connectivity index (χ2n) is 10.3. The van der Waals surface area contributed by atoms with Crippen LogP contribution in [0.4, 0.5) is 0 Å². The summed E-state index contributed by atoms with van der Waals surface area (Å²) in [6, 6.07) is 0. The number of rotatable bonds is 5. The van der Waals surface area contributed by atoms with Gasteiger partial charge < -0.3 is 29.2 Å². The summed E-state index contributed by atoms with van der Waals surface area (Å²) >= 11 is 0. The molecule has 0 aromatic rings. The third kappa shape index (κ3) is 2.47. The molecule has 5 aliphatic rings. The Hall–Kier alpha value is -0.990. The zero-order valence-corrected chi connectivity index (χ0v) is 18.2. The predicted octanol–water partition coefficient (Wildman–Crippen LogP) is 2.29. The summed E-state index contributed by atoms with van der Waals surface area (Å²) < 4.78 is 23.4. The van der Waals surface area contributed by atoms with Gasteiger partial charge in [0.2, 0.25) is 6.29 Å². The highest BCUT2D eigenvalue weighted by atomic mass is 16.7. The van der Waals surface area contributed by atoms with Crippen LogP contribution in [-0.4, -0.2) is 60.3 Å². The lowest BCUT2D eigenvalue weighted by Gasteiger charge is -2.62. The Labute approximate surface area is 177 Å². The van der Waals surface area contributed by atoms with Gasteiger partial charge >= 0.3 is 5.97 Å². The summed E-state index contributed by atoms with van der Waals surface area (Å²) in [5.41, 5.74) is -1.39. The van der Waals surface area contributed by atoms with E-state index < -0.39 is 17.5 Å². The minimum Gasteiger partial charge on any atom is -0.429 e. The molecule has 1 saturated heterocycles. The van der Waals surface area contributed by atoms with Crippen molar-refractivity contribution in [2.75, 3.05) is 20.3 Å². The SMILES string of the molecule is CCO[C@@H]1C=C([C@H]2CC[C@@]34C[C@@H](CC[C@]35O[C@@H](OC)C[C@]25C)[C@@](O)(CO)C4)C(=O)O1. The fourth-order valence-corrected chi connectivity index (χ4v) is 8.07. The molecule has 2 heterocycles. The molecule has 2 spiro atoms. The zero-order valence-electron chi connectivity index (χ0n) is 18.2. The van der Waals surface area contributed by atoms with Crippen molar-refractivity contribution in [3.63, 3.8) is 0 Å². The molecule has 2 aliphatic heterocycles. The maximum absolute atomic E-state index is 12.8. The predicted molar refractivity (Wildman–Crippen MR) is 106 cm³/mol. The van der Waals surface area contributed by atoms with Crippen molar-refractivity contribution in [1.82, 2.24) is 0 Å². The van der Waals surface area contributed by atoms with Gasteiger partial charge in [-0.1, -0.05) is 6.92 Å². The van der Waals surface area contributed by atoms with Gasteiger partial charge in [0.1, 0.15) is 0 Å². The molecule has 0 amide bonds. The minimum atomic E-state index is -1.04. The number of hydrogen-bond acceptors (Lipinski definition) is 7. The van der Waals surface area contributed by atoms with Crippen molar-refractivity contribution in [2.45, 2.75) is 82.6 Å². The highest BCUT2D eigenvalue weighted by molar-refractivity contribution is 5.91. The molecule has 7 nitrogen and oxygen atoms in total. The summed E-state index contributed by atoms with van der Waals surface area (Å²) in [6.07, 6.45) is 6.28. The molecule has 4 fully saturated rings. The molecule has 0 aromatic heterocycles. The van der Waals surface area contributed by atoms with Crippen LogP contribution in [-0.2, 0) is 23.7 Å². The lowest BCUT2D eigenvalue weighted by atomic mass is 9.44. The number of aliphatic hydroxyl groups is 2. The van der Waals surface area contributed by atoms with Gasteiger partial charge in [0.25, 0.3) is 0 Å². The second-order valence-corrected chi connectivity index (χ2v) is 10.3. The molecule has 0 radical (unpaired) electrons. The maximum atomic E-state index is 12.8. The van der Waals surface area contributed by atoms with Crippen LogP contribution < -0.4 is 0 Å². The van der Waals surface area contributed by atoms with E-state index in [2.05, 4.69) is 6.92 Å². The fraction of sp³-hybridized carbons (Fsp3) is 0.870. The Morgan fingerprint density at radius 3 is 2.77 bits per heavy atom. The van der Waals surface area contributed by atoms with Crippen LogP contribution in [0.1, 0.15) is 58.8 Å². The van der Waals surface area contributed by atoms with E-state index in [0.717, 1.165) is 32.1 Å². The van der Waals surface area contributed by atoms with Gasteiger partial charge in [-0.2, -0.15) is 0 Å². The number of methoxy groups -OCH3 is 1. The largest absolute Gasteiger partial charge is 0.429 e. The van der Waals surface area contributed by atoms with Crippen LogP contribution in [0.5, 0.6) is 0 Å². The molecular weight excluding hydrogens is 388 g/mol. The van der Waals surface area contributed by atoms with E-state index >= 15 is 0 Å². The van der Waals surface area contributed by atoms with Crippen LogP contribution in [0.2, 0.25) is 0 Å². The molecule has 168 valence electrons. The first-order valence-electron chi connectivity index (χ1n) is 11.3. The van der Waals surface area contributed by atoms with E-state index in [1.165, 1.54) is 0 Å². The maximum Gasteiger partial charge on any atom is 0.336 e. The molecule has 5 rings (SSSR count). The first kappa shape index (κ1) is 20.9. The quantitative estimate of drug-likeness (QED) is 0.657. The first-order valence-corrected chi connectivity index (χ1v) is 11.3. The Kier molecular flexibility index (Phi) is 4.70. The summed E-state index contributed by atoms with van der Waals surface area (Å²) in [6.45, 7) is 4.38. The topological polar surface area (TPSA) is 94.5 Å². The average molecular weight is 423 g/mol. The van der Waals surface area contributed by atoms with E-state index in [-0.39, 0.29) is 41.5 Å². The molecule has 3 saturated carbocycles. The molecule has 8 atom stereocenters. The molecular formula is C23H34O7. The molecule has 0 aromatic carbocycles. The standard InChI is InChI=1S/C23H34O7/c1-4-28-17-9-15(19(25)29-17)16-6-7-21-10-14(22(26,12-21)13-24)5-8-23(21)20(16,2)11-18(27-3)30-23/h9,14,16-18,24,26H,4-8,10-13H2,1-3H3/t14-,16-,17+,18-,20-,21+,22+,23-/m1/s1. The van der Waals surface area contributed by atoms with Crippen molar-refractivity contribution in [1.29, 1.82) is 0 Å². The van der Waals surface area contributed by atoms with Crippen molar-refractivity contribution >= 4 is 5.97 Å². The number of aliphatic hydroxyl groups excluding tert-OH is 1. The number of fused-ring (bicyclic) bond motifs is 1. The van der Waals surface area contributed by atoms with E-state index in [1.54, 1.807) is 7.11 Å². The Balaban J connectivity index is 1.57. The van der Waals surface area contributed by atoms with Crippen molar-refractivity contribution in [3.05, 3.63) is 11.6 Å². The summed E-state index contributed by atoms with van der Waals surface area (Å²) in [5, 5.41) is 21.2. The Bertz CT molecular complexity index is 767. The third-order valence-corrected chi connectivity index (χ3v) is 9.29. The number of cyclic esters (lactones) is 1. The van der Waals surface area contributed by atoms with Gasteiger partial charge in [-0.05, 0) is 63.4 Å². The molecule has 0 unspecified atom stereocenters. The van der Waals surface area contributed by atoms with Gasteiger partial charge in [0, 0.05) is 36.5 Å². The zero-order chi connectivity index (χ0) is 21.4. The van der Waals surface area contributed by atoms with Crippen molar-refractivity contribution < 1.29 is 34.0 Å². The number of esters is 1. The first-order chi connectivity index (χ1) is 14.3. The van der Waals surface area contributed by atoms with E-state index in [1.807, 2.05) is 13.0 Å². The van der Waals surface area contributed by atoms with Crippen LogP contribution in [0, 0.1) is 22.7 Å². The van der Waals surface area contributed by atoms with Crippen LogP contribution in [0.3, 0.4) is 0 Å². The molecule has 2 N–H and O–H groups in total. The second kappa shape index (κ2) is 6.75. The normalized spacial score (nSPS) is 52.0. The van der Waals surface area contributed by atoms with Crippen LogP contribution in [0.25, 0.3) is 0 Å². The monoisotopic (exact) mass is 422 g/mol. The summed E-state index contributed by atoms with van der Waals surface area (Å²) in [7, 11) is 1.67. The lowest BCUT2D eigenvalue weighted by molar-refractivity contribution is -0.249. The van der Waals surface area contributed by atoms with Crippen molar-refractivity contribution in [3.8, 4) is 0 Å². The van der Waals surface area contributed by atoms with Gasteiger partial charge in [0.15, 0.2) is 6.29 Å². The minimum absolute atomic E-state index is 0.0133. The van der Waals surface area contributed by atoms with E-state index in [4.69, 9.17) is 18.9 Å². The number of carbonyl (C=O) groups excluding carboxylic acids is 1.